The molecular weight excluding hydrogens is 375 g/mol. The molecule has 2 heterocycles. The van der Waals surface area contributed by atoms with Crippen molar-refractivity contribution < 1.29 is 23.6 Å². The van der Waals surface area contributed by atoms with Gasteiger partial charge in [0, 0.05) is 10.6 Å². The summed E-state index contributed by atoms with van der Waals surface area (Å²) >= 11 is 6.85. The van der Waals surface area contributed by atoms with E-state index in [2.05, 4.69) is 4.98 Å². The minimum atomic E-state index is -4.54. The van der Waals surface area contributed by atoms with E-state index in [0.29, 0.717) is 10.6 Å². The molecule has 1 aromatic carbocycles. The average molecular weight is 385 g/mol. The fraction of sp³-hybridized carbons (Fsp3) is 0. The smallest absolute Gasteiger partial charge is 0.391 e. The maximum atomic E-state index is 12.7. The van der Waals surface area contributed by atoms with Gasteiger partial charge in [-0.25, -0.2) is 4.98 Å². The largest absolute Gasteiger partial charge is 0.446 e. The zero-order valence-electron chi connectivity index (χ0n) is 11.8. The van der Waals surface area contributed by atoms with Gasteiger partial charge in [0.1, 0.15) is 10.6 Å². The Bertz CT molecular complexity index is 977. The molecule has 0 fully saturated rings. The predicted molar refractivity (Wildman–Crippen MR) is 90.8 cm³/mol. The number of nitrogen functional groups attached to an aromatic ring is 1. The summed E-state index contributed by atoms with van der Waals surface area (Å²) in [7, 11) is -4.54. The van der Waals surface area contributed by atoms with Crippen LogP contribution < -0.4 is 11.2 Å². The Balaban J connectivity index is 2.07. The third-order valence-corrected chi connectivity index (χ3v) is 4.98. The molecular formula is C14H10ClN2O5PS. The number of nitrogens with zero attached hydrogens (tertiary/aromatic N) is 1. The number of hydrogen-bond acceptors (Lipinski definition) is 6. The van der Waals surface area contributed by atoms with Gasteiger partial charge < -0.3 is 19.9 Å². The Labute approximate surface area is 144 Å². The molecule has 3 rings (SSSR count). The molecule has 7 nitrogen and oxygen atoms in total. The number of hydrogen-bond donors (Lipinski definition) is 3. The summed E-state index contributed by atoms with van der Waals surface area (Å²) in [5, 5.41) is 0.533. The van der Waals surface area contributed by atoms with Gasteiger partial charge in [0.2, 0.25) is 11.3 Å². The number of aromatic nitrogens is 1. The van der Waals surface area contributed by atoms with Crippen LogP contribution in [0.1, 0.15) is 15.2 Å². The van der Waals surface area contributed by atoms with Crippen molar-refractivity contribution >= 4 is 46.9 Å². The van der Waals surface area contributed by atoms with E-state index >= 15 is 0 Å². The summed E-state index contributed by atoms with van der Waals surface area (Å²) in [6, 6.07) is 8.85. The standard InChI is InChI=1S/C14H10ClN2O5PS/c15-8-3-1-2-7(6-8)12(18)13-11(17-14(16)24-13)9-4-5-10(22-9)23(19,20)21/h1-6H,(H2,16,17)(H2,19,20,21). The molecule has 0 saturated carbocycles. The summed E-state index contributed by atoms with van der Waals surface area (Å²) < 4.78 is 16.4. The fourth-order valence-electron chi connectivity index (χ4n) is 2.03. The van der Waals surface area contributed by atoms with Crippen molar-refractivity contribution in [3.8, 4) is 11.5 Å². The lowest BCUT2D eigenvalue weighted by Gasteiger charge is -2.01. The molecule has 0 atom stereocenters. The second-order valence-corrected chi connectivity index (χ2v) is 7.75. The summed E-state index contributed by atoms with van der Waals surface area (Å²) in [5.74, 6) is -0.317. The van der Waals surface area contributed by atoms with E-state index < -0.39 is 13.1 Å². The fourth-order valence-corrected chi connectivity index (χ4v) is 3.51. The van der Waals surface area contributed by atoms with Crippen LogP contribution in [0.4, 0.5) is 5.13 Å². The van der Waals surface area contributed by atoms with E-state index in [0.717, 1.165) is 17.4 Å². The Morgan fingerprint density at radius 1 is 1.29 bits per heavy atom. The molecule has 124 valence electrons. The van der Waals surface area contributed by atoms with Crippen molar-refractivity contribution in [2.75, 3.05) is 5.73 Å². The van der Waals surface area contributed by atoms with Gasteiger partial charge >= 0.3 is 7.60 Å². The molecule has 2 aromatic heterocycles. The second kappa shape index (κ2) is 6.16. The lowest BCUT2D eigenvalue weighted by Crippen LogP contribution is -2.01. The van der Waals surface area contributed by atoms with Crippen LogP contribution >= 0.6 is 30.5 Å². The highest BCUT2D eigenvalue weighted by atomic mass is 35.5. The number of thiazole rings is 1. The average Bonchev–Trinajstić information content (AvgIpc) is 3.12. The number of halogens is 1. The highest BCUT2D eigenvalue weighted by molar-refractivity contribution is 7.59. The van der Waals surface area contributed by atoms with E-state index in [9.17, 15) is 9.36 Å². The van der Waals surface area contributed by atoms with Gasteiger partial charge in [0.25, 0.3) is 0 Å². The first-order valence-electron chi connectivity index (χ1n) is 6.48. The van der Waals surface area contributed by atoms with Crippen molar-refractivity contribution in [2.24, 2.45) is 0 Å². The number of furan rings is 1. The molecule has 0 unspecified atom stereocenters. The van der Waals surface area contributed by atoms with Gasteiger partial charge in [0.05, 0.1) is 0 Å². The first-order valence-corrected chi connectivity index (χ1v) is 9.29. The first kappa shape index (κ1) is 16.9. The van der Waals surface area contributed by atoms with Crippen LogP contribution in [0.2, 0.25) is 5.02 Å². The molecule has 4 N–H and O–H groups in total. The quantitative estimate of drug-likeness (QED) is 0.466. The summed E-state index contributed by atoms with van der Waals surface area (Å²) in [6.45, 7) is 0. The summed E-state index contributed by atoms with van der Waals surface area (Å²) in [6.07, 6.45) is 0. The van der Waals surface area contributed by atoms with Gasteiger partial charge in [-0.15, -0.1) is 0 Å². The van der Waals surface area contributed by atoms with Crippen molar-refractivity contribution in [3.63, 3.8) is 0 Å². The lowest BCUT2D eigenvalue weighted by atomic mass is 10.1. The monoisotopic (exact) mass is 384 g/mol. The SMILES string of the molecule is Nc1nc(-c2ccc(P(=O)(O)O)o2)c(C(=O)c2cccc(Cl)c2)s1. The molecule has 0 spiro atoms. The zero-order valence-corrected chi connectivity index (χ0v) is 14.3. The van der Waals surface area contributed by atoms with Crippen molar-refractivity contribution in [3.05, 3.63) is 51.9 Å². The molecule has 3 aromatic rings. The predicted octanol–water partition coefficient (Wildman–Crippen LogP) is 2.67. The number of benzene rings is 1. The molecule has 0 saturated heterocycles. The number of nitrogens with two attached hydrogens (primary N) is 1. The van der Waals surface area contributed by atoms with E-state index in [-0.39, 0.29) is 27.2 Å². The van der Waals surface area contributed by atoms with Crippen LogP contribution in [-0.4, -0.2) is 20.6 Å². The molecule has 24 heavy (non-hydrogen) atoms. The molecule has 0 bridgehead atoms. The molecule has 0 aliphatic rings. The third kappa shape index (κ3) is 3.28. The van der Waals surface area contributed by atoms with Crippen molar-refractivity contribution in [1.29, 1.82) is 0 Å². The molecule has 0 radical (unpaired) electrons. The van der Waals surface area contributed by atoms with Crippen LogP contribution in [0.3, 0.4) is 0 Å². The van der Waals surface area contributed by atoms with E-state index in [1.54, 1.807) is 18.2 Å². The molecule has 0 aliphatic heterocycles. The van der Waals surface area contributed by atoms with Crippen LogP contribution in [0.5, 0.6) is 0 Å². The Morgan fingerprint density at radius 2 is 2.04 bits per heavy atom. The number of rotatable bonds is 4. The number of carbonyl (C=O) groups is 1. The highest BCUT2D eigenvalue weighted by Crippen LogP contribution is 2.37. The molecule has 10 heteroatoms. The van der Waals surface area contributed by atoms with E-state index in [4.69, 9.17) is 31.5 Å². The van der Waals surface area contributed by atoms with Crippen LogP contribution in [0, 0.1) is 0 Å². The summed E-state index contributed by atoms with van der Waals surface area (Å²) in [5.41, 5.74) is 5.65. The van der Waals surface area contributed by atoms with Gasteiger partial charge in [-0.2, -0.15) is 0 Å². The van der Waals surface area contributed by atoms with Gasteiger partial charge in [-0.3, -0.25) is 9.36 Å². The maximum Gasteiger partial charge on any atom is 0.391 e. The normalized spacial score (nSPS) is 11.6. The minimum absolute atomic E-state index is 0.0478. The number of anilines is 1. The van der Waals surface area contributed by atoms with Crippen LogP contribution in [-0.2, 0) is 4.57 Å². The Morgan fingerprint density at radius 3 is 2.67 bits per heavy atom. The van der Waals surface area contributed by atoms with Crippen molar-refractivity contribution in [2.45, 2.75) is 0 Å². The first-order chi connectivity index (χ1) is 11.3. The Kier molecular flexibility index (Phi) is 4.33. The third-order valence-electron chi connectivity index (χ3n) is 3.05. The zero-order chi connectivity index (χ0) is 17.5. The highest BCUT2D eigenvalue weighted by Gasteiger charge is 2.26. The number of ketones is 1. The minimum Gasteiger partial charge on any atom is -0.446 e. The van der Waals surface area contributed by atoms with Gasteiger partial charge in [-0.05, 0) is 24.3 Å². The second-order valence-electron chi connectivity index (χ2n) is 4.75. The molecule has 0 aliphatic carbocycles. The van der Waals surface area contributed by atoms with Crippen LogP contribution in [0.25, 0.3) is 11.5 Å². The van der Waals surface area contributed by atoms with Gasteiger partial charge in [0.15, 0.2) is 10.9 Å². The van der Waals surface area contributed by atoms with Crippen molar-refractivity contribution in [1.82, 2.24) is 4.98 Å². The topological polar surface area (TPSA) is 127 Å². The maximum absolute atomic E-state index is 12.7. The molecule has 0 amide bonds. The van der Waals surface area contributed by atoms with E-state index in [1.165, 1.54) is 12.1 Å². The van der Waals surface area contributed by atoms with E-state index in [1.807, 2.05) is 0 Å². The lowest BCUT2D eigenvalue weighted by molar-refractivity contribution is 0.104. The Hall–Kier alpha value is -1.96. The van der Waals surface area contributed by atoms with Gasteiger partial charge in [-0.1, -0.05) is 35.1 Å². The number of carbonyl (C=O) groups excluding carboxylic acids is 1. The van der Waals surface area contributed by atoms with Crippen LogP contribution in [0.15, 0.2) is 40.8 Å². The summed E-state index contributed by atoms with van der Waals surface area (Å²) in [4.78, 5) is 35.2.